The third-order valence-corrected chi connectivity index (χ3v) is 9.77. The molecule has 12 nitrogen and oxygen atoms in total. The van der Waals surface area contributed by atoms with E-state index in [-0.39, 0.29) is 42.2 Å². The summed E-state index contributed by atoms with van der Waals surface area (Å²) in [6.07, 6.45) is 1.00. The molecular formula is C28H19N3O9S2. The maximum Gasteiger partial charge on any atom is 0.335 e. The van der Waals surface area contributed by atoms with Crippen LogP contribution in [-0.4, -0.2) is 46.2 Å². The standard InChI is InChI=1S/C28H19N3O9S2/c1-15-2-4-17(5-3-15)24(32)22-23(16-6-8-18(9-7-16)27(35)36)30(26(34)25(22)33)28-29-14-21(41-28)42(39,40)20-12-10-19(11-13-20)31(37)38/h2-14,23,32H,1H3,(H,35,36)/b24-22+. The molecular weight excluding hydrogens is 586 g/mol. The molecule has 0 radical (unpaired) electrons. The summed E-state index contributed by atoms with van der Waals surface area (Å²) in [6, 6.07) is 14.8. The maximum absolute atomic E-state index is 13.4. The van der Waals surface area contributed by atoms with Crippen LogP contribution in [0.2, 0.25) is 0 Å². The van der Waals surface area contributed by atoms with Crippen molar-refractivity contribution in [2.75, 3.05) is 4.90 Å². The van der Waals surface area contributed by atoms with Gasteiger partial charge in [0.15, 0.2) is 5.13 Å². The van der Waals surface area contributed by atoms with Gasteiger partial charge in [0.1, 0.15) is 9.97 Å². The summed E-state index contributed by atoms with van der Waals surface area (Å²) in [4.78, 5) is 53.2. The number of benzene rings is 3. The van der Waals surface area contributed by atoms with Crippen LogP contribution in [0.4, 0.5) is 10.8 Å². The van der Waals surface area contributed by atoms with Gasteiger partial charge >= 0.3 is 11.9 Å². The number of aliphatic hydroxyl groups excluding tert-OH is 1. The lowest BCUT2D eigenvalue weighted by atomic mass is 9.94. The van der Waals surface area contributed by atoms with Crippen LogP contribution in [-0.2, 0) is 19.4 Å². The summed E-state index contributed by atoms with van der Waals surface area (Å²) < 4.78 is 26.2. The van der Waals surface area contributed by atoms with E-state index >= 15 is 0 Å². The van der Waals surface area contributed by atoms with Crippen LogP contribution in [0.1, 0.15) is 33.1 Å². The second-order valence-electron chi connectivity index (χ2n) is 9.18. The van der Waals surface area contributed by atoms with Gasteiger partial charge in [0.25, 0.3) is 11.5 Å². The molecule has 4 aromatic rings. The number of hydrogen-bond donors (Lipinski definition) is 2. The van der Waals surface area contributed by atoms with Crippen LogP contribution >= 0.6 is 11.3 Å². The van der Waals surface area contributed by atoms with Gasteiger partial charge in [-0.3, -0.25) is 24.6 Å². The number of Topliss-reactive ketones (excluding diaryl/α,β-unsaturated/α-hetero) is 1. The second-order valence-corrected chi connectivity index (χ2v) is 12.4. The van der Waals surface area contributed by atoms with E-state index in [1.807, 2.05) is 6.92 Å². The predicted octanol–water partition coefficient (Wildman–Crippen LogP) is 4.52. The van der Waals surface area contributed by atoms with Gasteiger partial charge in [0, 0.05) is 17.7 Å². The number of hydrogen-bond acceptors (Lipinski definition) is 10. The summed E-state index contributed by atoms with van der Waals surface area (Å²) >= 11 is 0.588. The van der Waals surface area contributed by atoms with Crippen molar-refractivity contribution in [2.24, 2.45) is 0 Å². The zero-order valence-electron chi connectivity index (χ0n) is 21.5. The molecule has 0 spiro atoms. The number of carboxylic acids is 1. The van der Waals surface area contributed by atoms with E-state index in [1.165, 1.54) is 24.3 Å². The van der Waals surface area contributed by atoms with E-state index < -0.39 is 44.2 Å². The molecule has 1 amide bonds. The molecule has 2 N–H and O–H groups in total. The molecule has 1 aliphatic rings. The lowest BCUT2D eigenvalue weighted by Gasteiger charge is -2.23. The molecule has 1 aliphatic heterocycles. The molecule has 0 aliphatic carbocycles. The first-order valence-corrected chi connectivity index (χ1v) is 14.4. The number of aryl methyl sites for hydroxylation is 1. The molecule has 5 rings (SSSR count). The number of nitro benzene ring substituents is 1. The number of anilines is 1. The van der Waals surface area contributed by atoms with Gasteiger partial charge in [-0.1, -0.05) is 53.3 Å². The average molecular weight is 606 g/mol. The summed E-state index contributed by atoms with van der Waals surface area (Å²) in [5, 5.41) is 31.3. The van der Waals surface area contributed by atoms with Crippen molar-refractivity contribution in [1.82, 2.24) is 4.98 Å². The first kappa shape index (κ1) is 28.3. The molecule has 0 saturated carbocycles. The Morgan fingerprint density at radius 1 is 0.952 bits per heavy atom. The van der Waals surface area contributed by atoms with Crippen molar-refractivity contribution in [1.29, 1.82) is 0 Å². The molecule has 1 aromatic heterocycles. The highest BCUT2D eigenvalue weighted by atomic mass is 32.2. The minimum Gasteiger partial charge on any atom is -0.507 e. The van der Waals surface area contributed by atoms with Crippen LogP contribution in [0.15, 0.2) is 93.7 Å². The Hall–Kier alpha value is -5.21. The summed E-state index contributed by atoms with van der Waals surface area (Å²) in [6.45, 7) is 1.83. The molecule has 42 heavy (non-hydrogen) atoms. The number of rotatable bonds is 7. The van der Waals surface area contributed by atoms with Crippen molar-refractivity contribution in [3.05, 3.63) is 117 Å². The van der Waals surface area contributed by atoms with E-state index in [1.54, 1.807) is 24.3 Å². The van der Waals surface area contributed by atoms with Gasteiger partial charge < -0.3 is 10.2 Å². The molecule has 3 aromatic carbocycles. The van der Waals surface area contributed by atoms with Gasteiger partial charge in [-0.25, -0.2) is 18.2 Å². The predicted molar refractivity (Wildman–Crippen MR) is 150 cm³/mol. The third-order valence-electron chi connectivity index (χ3n) is 6.54. The first-order valence-electron chi connectivity index (χ1n) is 12.1. The van der Waals surface area contributed by atoms with Crippen LogP contribution in [0, 0.1) is 17.0 Å². The highest BCUT2D eigenvalue weighted by Crippen LogP contribution is 2.44. The topological polar surface area (TPSA) is 185 Å². The van der Waals surface area contributed by atoms with Crippen LogP contribution in [0.3, 0.4) is 0 Å². The molecule has 1 atom stereocenters. The van der Waals surface area contributed by atoms with E-state index in [0.29, 0.717) is 11.3 Å². The number of nitrogens with zero attached hydrogens (tertiary/aromatic N) is 3. The number of amides is 1. The van der Waals surface area contributed by atoms with E-state index in [2.05, 4.69) is 4.98 Å². The number of carbonyl (C=O) groups excluding carboxylic acids is 2. The molecule has 2 heterocycles. The van der Waals surface area contributed by atoms with Crippen LogP contribution < -0.4 is 4.90 Å². The number of non-ortho nitro benzene ring substituents is 1. The fourth-order valence-corrected chi connectivity index (χ4v) is 6.92. The zero-order valence-corrected chi connectivity index (χ0v) is 23.1. The van der Waals surface area contributed by atoms with Gasteiger partial charge in [0.2, 0.25) is 9.84 Å². The second kappa shape index (κ2) is 10.6. The van der Waals surface area contributed by atoms with Gasteiger partial charge in [-0.15, -0.1) is 0 Å². The number of carbonyl (C=O) groups is 3. The number of nitro groups is 1. The van der Waals surface area contributed by atoms with Crippen molar-refractivity contribution in [3.8, 4) is 0 Å². The summed E-state index contributed by atoms with van der Waals surface area (Å²) in [7, 11) is -4.21. The monoisotopic (exact) mass is 605 g/mol. The molecule has 0 bridgehead atoms. The van der Waals surface area contributed by atoms with Gasteiger partial charge in [-0.05, 0) is 36.8 Å². The van der Waals surface area contributed by atoms with Crippen LogP contribution in [0.5, 0.6) is 0 Å². The Labute approximate surface area is 241 Å². The fraction of sp³-hybridized carbons (Fsp3) is 0.0714. The van der Waals surface area contributed by atoms with E-state index in [9.17, 15) is 43.1 Å². The molecule has 14 heteroatoms. The minimum atomic E-state index is -4.21. The number of thiazole rings is 1. The van der Waals surface area contributed by atoms with Gasteiger partial charge in [-0.2, -0.15) is 0 Å². The highest BCUT2D eigenvalue weighted by Gasteiger charge is 2.48. The number of aromatic nitrogens is 1. The normalized spacial score (nSPS) is 16.5. The van der Waals surface area contributed by atoms with Crippen molar-refractivity contribution >= 4 is 55.4 Å². The maximum atomic E-state index is 13.4. The van der Waals surface area contributed by atoms with Crippen molar-refractivity contribution in [3.63, 3.8) is 0 Å². The summed E-state index contributed by atoms with van der Waals surface area (Å²) in [5.74, 6) is -3.80. The Balaban J connectivity index is 1.63. The molecule has 212 valence electrons. The van der Waals surface area contributed by atoms with Crippen molar-refractivity contribution < 1.29 is 37.9 Å². The Morgan fingerprint density at radius 3 is 2.12 bits per heavy atom. The van der Waals surface area contributed by atoms with Crippen molar-refractivity contribution in [2.45, 2.75) is 22.1 Å². The number of sulfone groups is 1. The summed E-state index contributed by atoms with van der Waals surface area (Å²) in [5.41, 5.74) is 0.762. The van der Waals surface area contributed by atoms with E-state index in [4.69, 9.17) is 0 Å². The lowest BCUT2D eigenvalue weighted by Crippen LogP contribution is -2.29. The number of ketones is 1. The first-order chi connectivity index (χ1) is 19.9. The highest BCUT2D eigenvalue weighted by molar-refractivity contribution is 7.93. The Bertz CT molecular complexity index is 1900. The van der Waals surface area contributed by atoms with Crippen LogP contribution in [0.25, 0.3) is 5.76 Å². The van der Waals surface area contributed by atoms with Gasteiger partial charge in [0.05, 0.1) is 33.2 Å². The fourth-order valence-electron chi connectivity index (χ4n) is 4.37. The number of aromatic carboxylic acids is 1. The SMILES string of the molecule is Cc1ccc(/C(O)=C2\C(=O)C(=O)N(c3ncc(S(=O)(=O)c4ccc([N+](=O)[O-])cc4)s3)C2c2ccc(C(=O)O)cc2)cc1. The zero-order chi connectivity index (χ0) is 30.3. The minimum absolute atomic E-state index is 0.0556. The third kappa shape index (κ3) is 4.93. The quantitative estimate of drug-likeness (QED) is 0.0998. The molecule has 1 fully saturated rings. The van der Waals surface area contributed by atoms with E-state index in [0.717, 1.165) is 40.9 Å². The Kier molecular flexibility index (Phi) is 7.18. The number of aliphatic hydroxyl groups is 1. The Morgan fingerprint density at radius 2 is 1.55 bits per heavy atom. The smallest absolute Gasteiger partial charge is 0.335 e. The molecule has 1 saturated heterocycles. The molecule has 1 unspecified atom stereocenters. The average Bonchev–Trinajstić information content (AvgIpc) is 3.56. The lowest BCUT2D eigenvalue weighted by molar-refractivity contribution is -0.384. The number of carboxylic acid groups (broad SMARTS) is 1. The largest absolute Gasteiger partial charge is 0.507 e.